The van der Waals surface area contributed by atoms with E-state index < -0.39 is 17.9 Å². The summed E-state index contributed by atoms with van der Waals surface area (Å²) in [7, 11) is 0. The van der Waals surface area contributed by atoms with Crippen molar-refractivity contribution in [3.63, 3.8) is 0 Å². The average molecular weight is 322 g/mol. The molecule has 0 aliphatic carbocycles. The number of carbonyl (C=O) groups is 1. The van der Waals surface area contributed by atoms with E-state index in [1.165, 1.54) is 12.4 Å². The molecular weight excluding hydrogens is 313 g/mol. The predicted molar refractivity (Wildman–Crippen MR) is 70.5 cm³/mol. The van der Waals surface area contributed by atoms with E-state index in [1.807, 2.05) is 0 Å². The number of nitrogens with zero attached hydrogens (tertiary/aromatic N) is 6. The maximum Gasteiger partial charge on any atom is 0.437 e. The lowest BCUT2D eigenvalue weighted by Gasteiger charge is -2.08. The number of benzene rings is 1. The fourth-order valence-corrected chi connectivity index (χ4v) is 2.03. The summed E-state index contributed by atoms with van der Waals surface area (Å²) < 4.78 is 40.7. The maximum atomic E-state index is 13.1. The van der Waals surface area contributed by atoms with Gasteiger partial charge in [-0.1, -0.05) is 40.8 Å². The molecule has 3 aromatic rings. The number of hydrogen-bond donors (Lipinski definition) is 0. The first kappa shape index (κ1) is 14.9. The molecule has 0 atom stereocenters. The van der Waals surface area contributed by atoms with E-state index in [0.29, 0.717) is 10.2 Å². The van der Waals surface area contributed by atoms with Crippen LogP contribution in [-0.2, 0) is 12.6 Å². The van der Waals surface area contributed by atoms with Crippen LogP contribution in [-0.4, -0.2) is 36.0 Å². The van der Waals surface area contributed by atoms with Gasteiger partial charge in [0.25, 0.3) is 0 Å². The third-order valence-corrected chi connectivity index (χ3v) is 3.05. The molecule has 0 bridgehead atoms. The summed E-state index contributed by atoms with van der Waals surface area (Å²) in [6.45, 7) is 0. The topological polar surface area (TPSA) is 78.5 Å². The highest BCUT2D eigenvalue weighted by Gasteiger charge is 2.39. The molecule has 3 rings (SSSR count). The molecule has 10 heteroatoms. The van der Waals surface area contributed by atoms with Crippen molar-refractivity contribution in [3.8, 4) is 0 Å². The van der Waals surface area contributed by atoms with Crippen LogP contribution in [0, 0.1) is 0 Å². The van der Waals surface area contributed by atoms with Gasteiger partial charge in [-0.05, 0) is 5.56 Å². The standard InChI is InChI=1S/C13H9F3N6O/c14-13(15,16)11-10(8-9-4-2-1-3-5-9)22(20-18-11)12(23)21-7-6-17-19-21/h1-7H,8H2. The Morgan fingerprint density at radius 3 is 2.48 bits per heavy atom. The van der Waals surface area contributed by atoms with Crippen molar-refractivity contribution in [2.75, 3.05) is 0 Å². The summed E-state index contributed by atoms with van der Waals surface area (Å²) in [6, 6.07) is 7.53. The quantitative estimate of drug-likeness (QED) is 0.721. The van der Waals surface area contributed by atoms with Gasteiger partial charge in [0.15, 0.2) is 5.69 Å². The van der Waals surface area contributed by atoms with E-state index in [4.69, 9.17) is 0 Å². The normalized spacial score (nSPS) is 11.6. The molecule has 0 N–H and O–H groups in total. The van der Waals surface area contributed by atoms with Crippen molar-refractivity contribution < 1.29 is 18.0 Å². The summed E-state index contributed by atoms with van der Waals surface area (Å²) in [5, 5.41) is 13.4. The summed E-state index contributed by atoms with van der Waals surface area (Å²) in [5.41, 5.74) is -0.966. The maximum absolute atomic E-state index is 13.1. The Hall–Kier alpha value is -3.04. The second-order valence-corrected chi connectivity index (χ2v) is 4.59. The predicted octanol–water partition coefficient (Wildman–Crippen LogP) is 2.00. The molecule has 2 aromatic heterocycles. The van der Waals surface area contributed by atoms with Crippen molar-refractivity contribution in [1.29, 1.82) is 0 Å². The fraction of sp³-hybridized carbons (Fsp3) is 0.154. The minimum absolute atomic E-state index is 0.150. The average Bonchev–Trinajstić information content (AvgIpc) is 3.16. The van der Waals surface area contributed by atoms with Gasteiger partial charge >= 0.3 is 12.2 Å². The van der Waals surface area contributed by atoms with Crippen LogP contribution in [0.2, 0.25) is 0 Å². The van der Waals surface area contributed by atoms with Gasteiger partial charge in [0.2, 0.25) is 0 Å². The van der Waals surface area contributed by atoms with Gasteiger partial charge in [-0.2, -0.15) is 22.5 Å². The molecule has 23 heavy (non-hydrogen) atoms. The molecule has 0 saturated carbocycles. The zero-order valence-electron chi connectivity index (χ0n) is 11.5. The molecule has 0 unspecified atom stereocenters. The number of halogens is 3. The molecule has 2 heterocycles. The zero-order valence-corrected chi connectivity index (χ0v) is 11.5. The van der Waals surface area contributed by atoms with Gasteiger partial charge in [-0.25, -0.2) is 4.79 Å². The highest BCUT2D eigenvalue weighted by atomic mass is 19.4. The molecule has 0 aliphatic rings. The minimum atomic E-state index is -4.72. The van der Waals surface area contributed by atoms with E-state index in [0.717, 1.165) is 4.68 Å². The number of alkyl halides is 3. The minimum Gasteiger partial charge on any atom is -0.243 e. The molecule has 0 spiro atoms. The smallest absolute Gasteiger partial charge is 0.243 e. The second kappa shape index (κ2) is 5.63. The summed E-state index contributed by atoms with van der Waals surface area (Å²) >= 11 is 0. The molecule has 0 radical (unpaired) electrons. The Bertz CT molecular complexity index is 810. The number of hydrogen-bond acceptors (Lipinski definition) is 5. The Labute approximate surface area is 127 Å². The Balaban J connectivity index is 2.06. The van der Waals surface area contributed by atoms with Crippen molar-refractivity contribution in [2.24, 2.45) is 0 Å². The Morgan fingerprint density at radius 2 is 1.87 bits per heavy atom. The highest BCUT2D eigenvalue weighted by molar-refractivity contribution is 5.78. The van der Waals surface area contributed by atoms with Crippen LogP contribution in [0.4, 0.5) is 18.0 Å². The lowest BCUT2D eigenvalue weighted by molar-refractivity contribution is -0.141. The zero-order chi connectivity index (χ0) is 16.4. The van der Waals surface area contributed by atoms with Gasteiger partial charge in [0.1, 0.15) is 0 Å². The van der Waals surface area contributed by atoms with E-state index in [-0.39, 0.29) is 12.1 Å². The van der Waals surface area contributed by atoms with Crippen LogP contribution >= 0.6 is 0 Å². The number of aromatic nitrogens is 6. The second-order valence-electron chi connectivity index (χ2n) is 4.59. The van der Waals surface area contributed by atoms with Gasteiger partial charge < -0.3 is 0 Å². The lowest BCUT2D eigenvalue weighted by atomic mass is 10.1. The first-order valence-electron chi connectivity index (χ1n) is 6.43. The monoisotopic (exact) mass is 322 g/mol. The van der Waals surface area contributed by atoms with E-state index in [9.17, 15) is 18.0 Å². The number of rotatable bonds is 2. The van der Waals surface area contributed by atoms with Crippen molar-refractivity contribution in [1.82, 2.24) is 30.0 Å². The van der Waals surface area contributed by atoms with Crippen LogP contribution < -0.4 is 0 Å². The fourth-order valence-electron chi connectivity index (χ4n) is 2.03. The highest BCUT2D eigenvalue weighted by Crippen LogP contribution is 2.31. The van der Waals surface area contributed by atoms with Gasteiger partial charge in [-0.15, -0.1) is 10.2 Å². The van der Waals surface area contributed by atoms with Gasteiger partial charge in [0.05, 0.1) is 18.1 Å². The number of carbonyl (C=O) groups excluding carboxylic acids is 1. The van der Waals surface area contributed by atoms with Crippen LogP contribution in [0.15, 0.2) is 42.7 Å². The summed E-state index contributed by atoms with van der Waals surface area (Å²) in [6.07, 6.45) is -2.42. The van der Waals surface area contributed by atoms with Crippen LogP contribution in [0.25, 0.3) is 0 Å². The summed E-state index contributed by atoms with van der Waals surface area (Å²) in [5.74, 6) is 0. The summed E-state index contributed by atoms with van der Waals surface area (Å²) in [4.78, 5) is 12.2. The third kappa shape index (κ3) is 2.96. The van der Waals surface area contributed by atoms with Crippen molar-refractivity contribution in [3.05, 3.63) is 59.7 Å². The van der Waals surface area contributed by atoms with Gasteiger partial charge in [-0.3, -0.25) is 0 Å². The molecule has 0 saturated heterocycles. The first-order valence-corrected chi connectivity index (χ1v) is 6.43. The third-order valence-electron chi connectivity index (χ3n) is 3.05. The molecular formula is C13H9F3N6O. The molecule has 0 fully saturated rings. The Kier molecular flexibility index (Phi) is 3.64. The molecule has 118 valence electrons. The largest absolute Gasteiger partial charge is 0.437 e. The van der Waals surface area contributed by atoms with E-state index in [1.54, 1.807) is 30.3 Å². The first-order chi connectivity index (χ1) is 11.0. The van der Waals surface area contributed by atoms with Gasteiger partial charge in [0, 0.05) is 6.42 Å². The van der Waals surface area contributed by atoms with Crippen LogP contribution in [0.1, 0.15) is 17.0 Å². The van der Waals surface area contributed by atoms with Crippen molar-refractivity contribution in [2.45, 2.75) is 12.6 Å². The van der Waals surface area contributed by atoms with Crippen LogP contribution in [0.5, 0.6) is 0 Å². The Morgan fingerprint density at radius 1 is 1.13 bits per heavy atom. The lowest BCUT2D eigenvalue weighted by Crippen LogP contribution is -2.24. The SMILES string of the molecule is O=C(n1ccnn1)n1nnc(C(F)(F)F)c1Cc1ccccc1. The molecule has 7 nitrogen and oxygen atoms in total. The van der Waals surface area contributed by atoms with Crippen LogP contribution in [0.3, 0.4) is 0 Å². The molecule has 0 aliphatic heterocycles. The van der Waals surface area contributed by atoms with Crippen molar-refractivity contribution >= 4 is 6.03 Å². The van der Waals surface area contributed by atoms with E-state index >= 15 is 0 Å². The molecule has 0 amide bonds. The van der Waals surface area contributed by atoms with E-state index in [2.05, 4.69) is 20.6 Å². The molecule has 1 aromatic carbocycles.